The molecule has 5 rings (SSSR count). The molecular weight excluding hydrogens is 416 g/mol. The Kier molecular flexibility index (Phi) is 4.97. The molecule has 1 fully saturated rings. The molecule has 3 amide bonds. The zero-order valence-corrected chi connectivity index (χ0v) is 16.9. The zero-order valence-electron chi connectivity index (χ0n) is 16.1. The average molecular weight is 432 g/mol. The van der Waals surface area contributed by atoms with E-state index in [1.807, 2.05) is 54.6 Å². The molecule has 0 bridgehead atoms. The van der Waals surface area contributed by atoms with Crippen LogP contribution in [0.3, 0.4) is 0 Å². The van der Waals surface area contributed by atoms with E-state index < -0.39 is 18.0 Å². The van der Waals surface area contributed by atoms with Crippen molar-refractivity contribution in [3.63, 3.8) is 0 Å². The van der Waals surface area contributed by atoms with Crippen LogP contribution in [-0.4, -0.2) is 30.9 Å². The van der Waals surface area contributed by atoms with E-state index in [9.17, 15) is 9.59 Å². The number of hydrogen-bond donors (Lipinski definition) is 2. The molecule has 0 radical (unpaired) electrons. The summed E-state index contributed by atoms with van der Waals surface area (Å²) in [6, 6.07) is 16.0. The number of hydrogen-bond acceptors (Lipinski definition) is 7. The van der Waals surface area contributed by atoms with Crippen molar-refractivity contribution in [1.29, 1.82) is 0 Å². The van der Waals surface area contributed by atoms with Gasteiger partial charge in [0.25, 0.3) is 5.91 Å². The van der Waals surface area contributed by atoms with Crippen LogP contribution in [0.15, 0.2) is 72.0 Å². The minimum absolute atomic E-state index is 0.353. The Labute approximate surface area is 181 Å². The van der Waals surface area contributed by atoms with Crippen molar-refractivity contribution in [3.05, 3.63) is 78.5 Å². The molecule has 0 saturated carbocycles. The van der Waals surface area contributed by atoms with Gasteiger partial charge in [-0.3, -0.25) is 10.1 Å². The molecule has 3 aliphatic heterocycles. The lowest BCUT2D eigenvalue weighted by atomic mass is 10.2. The van der Waals surface area contributed by atoms with Gasteiger partial charge in [-0.25, -0.2) is 23.7 Å². The first-order valence-corrected chi connectivity index (χ1v) is 10.2. The highest BCUT2D eigenvalue weighted by atomic mass is 32.2. The van der Waals surface area contributed by atoms with Crippen LogP contribution in [0.1, 0.15) is 17.4 Å². The van der Waals surface area contributed by atoms with E-state index in [0.717, 1.165) is 16.2 Å². The molecule has 31 heavy (non-hydrogen) atoms. The lowest BCUT2D eigenvalue weighted by molar-refractivity contribution is -0.120. The van der Waals surface area contributed by atoms with Crippen molar-refractivity contribution in [3.8, 4) is 17.3 Å². The number of ether oxygens (including phenoxy) is 1. The highest BCUT2D eigenvalue weighted by Gasteiger charge is 2.35. The summed E-state index contributed by atoms with van der Waals surface area (Å²) in [4.78, 5) is 37.5. The van der Waals surface area contributed by atoms with E-state index in [1.165, 1.54) is 24.5 Å². The Hall–Kier alpha value is -3.92. The van der Waals surface area contributed by atoms with E-state index in [0.29, 0.717) is 23.9 Å². The zero-order chi connectivity index (χ0) is 21.2. The third-order valence-electron chi connectivity index (χ3n) is 4.63. The van der Waals surface area contributed by atoms with Crippen LogP contribution in [0.4, 0.5) is 4.79 Å². The summed E-state index contributed by atoms with van der Waals surface area (Å²) in [5.74, 6) is 1.18. The fourth-order valence-corrected chi connectivity index (χ4v) is 4.07. The minimum atomic E-state index is -0.908. The summed E-state index contributed by atoms with van der Waals surface area (Å²) in [6.45, 7) is 0.481. The first-order chi connectivity index (χ1) is 15.2. The molecule has 0 aromatic heterocycles. The van der Waals surface area contributed by atoms with Crippen LogP contribution in [-0.2, 0) is 11.4 Å². The van der Waals surface area contributed by atoms with Crippen molar-refractivity contribution in [2.75, 3.05) is 0 Å². The molecule has 2 aromatic carbocycles. The van der Waals surface area contributed by atoms with E-state index >= 15 is 0 Å². The molecule has 1 atom stereocenters. The topological polar surface area (TPSA) is 111 Å². The molecule has 9 nitrogen and oxygen atoms in total. The number of aromatic nitrogens is 4. The summed E-state index contributed by atoms with van der Waals surface area (Å²) in [5, 5.41) is 4.81. The number of imidazole rings is 1. The van der Waals surface area contributed by atoms with E-state index in [-0.39, 0.29) is 0 Å². The van der Waals surface area contributed by atoms with Crippen molar-refractivity contribution >= 4 is 23.9 Å². The molecule has 2 aromatic rings. The normalized spacial score (nSPS) is 15.7. The second-order valence-corrected chi connectivity index (χ2v) is 7.75. The highest BCUT2D eigenvalue weighted by molar-refractivity contribution is 7.98. The van der Waals surface area contributed by atoms with Crippen molar-refractivity contribution in [2.45, 2.75) is 17.5 Å². The van der Waals surface area contributed by atoms with Crippen LogP contribution in [0, 0.1) is 0 Å². The Bertz CT molecular complexity index is 1210. The average Bonchev–Trinajstić information content (AvgIpc) is 3.40. The number of nitrogens with one attached hydrogen (secondary N) is 2. The van der Waals surface area contributed by atoms with Crippen molar-refractivity contribution in [1.82, 2.24) is 29.6 Å². The minimum Gasteiger partial charge on any atom is -0.489 e. The number of amides is 3. The van der Waals surface area contributed by atoms with Crippen molar-refractivity contribution in [2.24, 2.45) is 0 Å². The van der Waals surface area contributed by atoms with Gasteiger partial charge >= 0.3 is 6.03 Å². The van der Waals surface area contributed by atoms with Crippen LogP contribution in [0.2, 0.25) is 0 Å². The Balaban J connectivity index is 1.39. The number of nitrogens with zero attached hydrogens (tertiary/aromatic N) is 4. The fourth-order valence-electron chi connectivity index (χ4n) is 3.13. The van der Waals surface area contributed by atoms with Crippen LogP contribution >= 0.6 is 11.9 Å². The molecule has 0 spiro atoms. The molecule has 1 saturated heterocycles. The number of carbonyl (C=O) groups excluding carboxylic acids is 2. The Morgan fingerprint density at radius 2 is 1.81 bits per heavy atom. The summed E-state index contributed by atoms with van der Waals surface area (Å²) in [6.07, 6.45) is 2.97. The third-order valence-corrected chi connectivity index (χ3v) is 5.65. The summed E-state index contributed by atoms with van der Waals surface area (Å²) in [5.41, 5.74) is 1.68. The van der Waals surface area contributed by atoms with Gasteiger partial charge in [0.15, 0.2) is 17.7 Å². The lowest BCUT2D eigenvalue weighted by Crippen LogP contribution is -2.25. The standard InChI is InChI=1S/C21H16N6O3S/c28-20-17(25-21(29)26-20)19-22-10-16-18(24-12-23-16)27(19)31-15-8-6-14(7-9-15)30-11-13-4-2-1-3-5-13/h1-10,12,17H,11H2,(H2,25,26,28,29). The first kappa shape index (κ1) is 19.1. The predicted octanol–water partition coefficient (Wildman–Crippen LogP) is 2.79. The number of urea groups is 1. The van der Waals surface area contributed by atoms with Gasteiger partial charge in [-0.05, 0) is 41.8 Å². The number of fused-ring (bicyclic) bond motifs is 1. The van der Waals surface area contributed by atoms with E-state index in [2.05, 4.69) is 25.6 Å². The molecule has 0 aliphatic carbocycles. The quantitative estimate of drug-likeness (QED) is 0.451. The number of rotatable bonds is 6. The second kappa shape index (κ2) is 8.07. The van der Waals surface area contributed by atoms with Gasteiger partial charge in [0.1, 0.15) is 24.4 Å². The molecular formula is C21H16N6O3S. The SMILES string of the molecule is O=C1NC(=O)C(c2ncc3ncnc-3n2Sc2ccc(OCc3ccccc3)cc2)N1. The van der Waals surface area contributed by atoms with Gasteiger partial charge in [-0.15, -0.1) is 0 Å². The lowest BCUT2D eigenvalue weighted by Gasteiger charge is -2.17. The maximum absolute atomic E-state index is 12.2. The van der Waals surface area contributed by atoms with Gasteiger partial charge in [0, 0.05) is 4.90 Å². The maximum atomic E-state index is 12.2. The largest absolute Gasteiger partial charge is 0.489 e. The van der Waals surface area contributed by atoms with Gasteiger partial charge < -0.3 is 10.1 Å². The summed E-state index contributed by atoms with van der Waals surface area (Å²) in [7, 11) is 0. The molecule has 2 N–H and O–H groups in total. The Morgan fingerprint density at radius 1 is 1.00 bits per heavy atom. The Morgan fingerprint density at radius 3 is 2.55 bits per heavy atom. The van der Waals surface area contributed by atoms with Crippen LogP contribution in [0.25, 0.3) is 11.5 Å². The molecule has 3 heterocycles. The number of carbonyl (C=O) groups is 2. The van der Waals surface area contributed by atoms with Gasteiger partial charge in [-0.2, -0.15) is 0 Å². The van der Waals surface area contributed by atoms with E-state index in [4.69, 9.17) is 4.74 Å². The first-order valence-electron chi connectivity index (χ1n) is 9.42. The fraction of sp³-hybridized carbons (Fsp3) is 0.0952. The maximum Gasteiger partial charge on any atom is 0.322 e. The monoisotopic (exact) mass is 432 g/mol. The third kappa shape index (κ3) is 3.92. The van der Waals surface area contributed by atoms with Gasteiger partial charge in [0.2, 0.25) is 0 Å². The predicted molar refractivity (Wildman–Crippen MR) is 112 cm³/mol. The second-order valence-electron chi connectivity index (χ2n) is 6.73. The summed E-state index contributed by atoms with van der Waals surface area (Å²) >= 11 is 1.33. The highest BCUT2D eigenvalue weighted by Crippen LogP contribution is 2.32. The van der Waals surface area contributed by atoms with Gasteiger partial charge in [-0.1, -0.05) is 30.3 Å². The van der Waals surface area contributed by atoms with Crippen LogP contribution < -0.4 is 15.4 Å². The number of benzene rings is 2. The molecule has 154 valence electrons. The molecule has 3 aliphatic rings. The van der Waals surface area contributed by atoms with E-state index in [1.54, 1.807) is 3.97 Å². The summed E-state index contributed by atoms with van der Waals surface area (Å²) < 4.78 is 7.54. The molecule has 10 heteroatoms. The van der Waals surface area contributed by atoms with Crippen molar-refractivity contribution < 1.29 is 14.3 Å². The molecule has 1 unspecified atom stereocenters. The van der Waals surface area contributed by atoms with Gasteiger partial charge in [0.05, 0.1) is 6.20 Å². The number of imide groups is 1. The smallest absolute Gasteiger partial charge is 0.322 e. The van der Waals surface area contributed by atoms with Crippen LogP contribution in [0.5, 0.6) is 5.75 Å².